The van der Waals surface area contributed by atoms with E-state index in [4.69, 9.17) is 27.9 Å². The third kappa shape index (κ3) is 6.04. The zero-order valence-electron chi connectivity index (χ0n) is 15.7. The number of rotatable bonds is 7. The van der Waals surface area contributed by atoms with E-state index in [0.717, 1.165) is 16.7 Å². The molecule has 29 heavy (non-hydrogen) atoms. The number of carbonyl (C=O) groups excluding carboxylic acids is 1. The number of ether oxygens (including phenoxy) is 1. The van der Waals surface area contributed by atoms with Crippen LogP contribution in [0.5, 0.6) is 5.75 Å². The maximum Gasteiger partial charge on any atom is 0.252 e. The van der Waals surface area contributed by atoms with Crippen LogP contribution in [0.4, 0.5) is 0 Å². The van der Waals surface area contributed by atoms with Crippen LogP contribution in [0.15, 0.2) is 55.1 Å². The van der Waals surface area contributed by atoms with Gasteiger partial charge in [-0.3, -0.25) is 14.8 Å². The number of hydrogen-bond donors (Lipinski definition) is 1. The molecule has 1 aromatic carbocycles. The standard InChI is InChI=1S/C22H19Cl2N3O2/c1-29-20-9-16(12-26-14-20)3-2-15-8-18(13-25-11-15)22(28)27-7-6-17-4-5-19(23)10-21(17)24/h2-5,8-14H,6-7H2,1H3,(H,27,28)/b3-2+. The van der Waals surface area contributed by atoms with Crippen molar-refractivity contribution in [3.05, 3.63) is 87.4 Å². The average Bonchev–Trinajstić information content (AvgIpc) is 2.74. The topological polar surface area (TPSA) is 64.1 Å². The second-order valence-corrected chi connectivity index (χ2v) is 7.08. The molecule has 3 rings (SSSR count). The number of methoxy groups -OCH3 is 1. The third-order valence-electron chi connectivity index (χ3n) is 4.15. The van der Waals surface area contributed by atoms with Crippen LogP contribution in [0, 0.1) is 0 Å². The summed E-state index contributed by atoms with van der Waals surface area (Å²) in [5.74, 6) is 0.486. The van der Waals surface area contributed by atoms with Crippen molar-refractivity contribution >= 4 is 41.3 Å². The lowest BCUT2D eigenvalue weighted by atomic mass is 10.1. The fourth-order valence-electron chi connectivity index (χ4n) is 2.64. The summed E-state index contributed by atoms with van der Waals surface area (Å²) in [5, 5.41) is 4.06. The Hall–Kier alpha value is -2.89. The number of pyridine rings is 2. The highest BCUT2D eigenvalue weighted by Crippen LogP contribution is 2.21. The van der Waals surface area contributed by atoms with Gasteiger partial charge in [0.05, 0.1) is 18.9 Å². The average molecular weight is 428 g/mol. The monoisotopic (exact) mass is 427 g/mol. The van der Waals surface area contributed by atoms with Gasteiger partial charge in [0.1, 0.15) is 5.75 Å². The molecule has 2 heterocycles. The van der Waals surface area contributed by atoms with E-state index in [1.807, 2.05) is 24.3 Å². The van der Waals surface area contributed by atoms with Crippen molar-refractivity contribution in [2.24, 2.45) is 0 Å². The van der Waals surface area contributed by atoms with Crippen molar-refractivity contribution in [2.75, 3.05) is 13.7 Å². The minimum atomic E-state index is -0.194. The van der Waals surface area contributed by atoms with E-state index in [1.165, 1.54) is 6.20 Å². The maximum atomic E-state index is 12.4. The van der Waals surface area contributed by atoms with Crippen molar-refractivity contribution in [3.63, 3.8) is 0 Å². The van der Waals surface area contributed by atoms with E-state index < -0.39 is 0 Å². The minimum absolute atomic E-state index is 0.194. The van der Waals surface area contributed by atoms with Crippen LogP contribution in [-0.2, 0) is 6.42 Å². The molecule has 3 aromatic rings. The number of amides is 1. The van der Waals surface area contributed by atoms with Crippen LogP contribution < -0.4 is 10.1 Å². The number of aromatic nitrogens is 2. The van der Waals surface area contributed by atoms with E-state index in [2.05, 4.69) is 15.3 Å². The van der Waals surface area contributed by atoms with Gasteiger partial charge >= 0.3 is 0 Å². The van der Waals surface area contributed by atoms with E-state index >= 15 is 0 Å². The molecule has 1 N–H and O–H groups in total. The van der Waals surface area contributed by atoms with Crippen molar-refractivity contribution in [3.8, 4) is 5.75 Å². The van der Waals surface area contributed by atoms with Gasteiger partial charge in [0.15, 0.2) is 0 Å². The van der Waals surface area contributed by atoms with E-state index in [-0.39, 0.29) is 5.91 Å². The normalized spacial score (nSPS) is 10.9. The summed E-state index contributed by atoms with van der Waals surface area (Å²) < 4.78 is 5.16. The molecule has 1 amide bonds. The summed E-state index contributed by atoms with van der Waals surface area (Å²) in [5.41, 5.74) is 3.11. The van der Waals surface area contributed by atoms with Gasteiger partial charge in [-0.25, -0.2) is 0 Å². The van der Waals surface area contributed by atoms with Crippen LogP contribution >= 0.6 is 23.2 Å². The number of carbonyl (C=O) groups is 1. The van der Waals surface area contributed by atoms with E-state index in [1.54, 1.807) is 43.9 Å². The van der Waals surface area contributed by atoms with Gasteiger partial charge in [-0.2, -0.15) is 0 Å². The first-order valence-electron chi connectivity index (χ1n) is 8.89. The van der Waals surface area contributed by atoms with Crippen molar-refractivity contribution in [2.45, 2.75) is 6.42 Å². The molecule has 0 saturated carbocycles. The third-order valence-corrected chi connectivity index (χ3v) is 4.74. The fraction of sp³-hybridized carbons (Fsp3) is 0.136. The highest BCUT2D eigenvalue weighted by Gasteiger charge is 2.07. The van der Waals surface area contributed by atoms with Gasteiger partial charge in [-0.05, 0) is 47.4 Å². The molecule has 5 nitrogen and oxygen atoms in total. The Balaban J connectivity index is 1.60. The minimum Gasteiger partial charge on any atom is -0.495 e. The van der Waals surface area contributed by atoms with Crippen molar-refractivity contribution in [1.82, 2.24) is 15.3 Å². The summed E-state index contributed by atoms with van der Waals surface area (Å²) in [6.45, 7) is 0.454. The van der Waals surface area contributed by atoms with Crippen LogP contribution in [0.25, 0.3) is 12.2 Å². The summed E-state index contributed by atoms with van der Waals surface area (Å²) in [7, 11) is 1.59. The lowest BCUT2D eigenvalue weighted by Gasteiger charge is -2.07. The molecule has 0 aliphatic rings. The molecule has 0 aliphatic carbocycles. The molecule has 7 heteroatoms. The van der Waals surface area contributed by atoms with Gasteiger partial charge in [0.2, 0.25) is 0 Å². The van der Waals surface area contributed by atoms with Crippen LogP contribution in [0.3, 0.4) is 0 Å². The number of nitrogens with one attached hydrogen (secondary N) is 1. The summed E-state index contributed by atoms with van der Waals surface area (Å²) in [6.07, 6.45) is 11.0. The Morgan fingerprint density at radius 3 is 2.48 bits per heavy atom. The first-order valence-corrected chi connectivity index (χ1v) is 9.65. The summed E-state index contributed by atoms with van der Waals surface area (Å²) in [4.78, 5) is 20.7. The maximum absolute atomic E-state index is 12.4. The van der Waals surface area contributed by atoms with E-state index in [9.17, 15) is 4.79 Å². The van der Waals surface area contributed by atoms with Gasteiger partial charge in [0.25, 0.3) is 5.91 Å². The zero-order valence-corrected chi connectivity index (χ0v) is 17.2. The van der Waals surface area contributed by atoms with Gasteiger partial charge < -0.3 is 10.1 Å². The first kappa shape index (κ1) is 20.8. The molecular formula is C22H19Cl2N3O2. The molecule has 0 fully saturated rings. The second kappa shape index (κ2) is 10.0. The molecule has 0 unspecified atom stereocenters. The Kier molecular flexibility index (Phi) is 7.22. The molecular weight excluding hydrogens is 409 g/mol. The smallest absolute Gasteiger partial charge is 0.252 e. The van der Waals surface area contributed by atoms with Crippen LogP contribution in [0.1, 0.15) is 27.0 Å². The highest BCUT2D eigenvalue weighted by molar-refractivity contribution is 6.35. The lowest BCUT2D eigenvalue weighted by molar-refractivity contribution is 0.0953. The van der Waals surface area contributed by atoms with Crippen LogP contribution in [0.2, 0.25) is 10.0 Å². The molecule has 0 aliphatic heterocycles. The lowest BCUT2D eigenvalue weighted by Crippen LogP contribution is -2.25. The zero-order chi connectivity index (χ0) is 20.6. The van der Waals surface area contributed by atoms with Crippen molar-refractivity contribution < 1.29 is 9.53 Å². The number of halogens is 2. The van der Waals surface area contributed by atoms with Gasteiger partial charge in [0, 0.05) is 35.2 Å². The number of nitrogens with zero attached hydrogens (tertiary/aromatic N) is 2. The molecule has 0 spiro atoms. The van der Waals surface area contributed by atoms with Gasteiger partial charge in [-0.15, -0.1) is 0 Å². The summed E-state index contributed by atoms with van der Waals surface area (Å²) in [6, 6.07) is 8.98. The highest BCUT2D eigenvalue weighted by atomic mass is 35.5. The predicted molar refractivity (Wildman–Crippen MR) is 116 cm³/mol. The van der Waals surface area contributed by atoms with Crippen molar-refractivity contribution in [1.29, 1.82) is 0 Å². The van der Waals surface area contributed by atoms with Gasteiger partial charge in [-0.1, -0.05) is 41.4 Å². The predicted octanol–water partition coefficient (Wildman–Crippen LogP) is 4.93. The Morgan fingerprint density at radius 2 is 1.76 bits per heavy atom. The SMILES string of the molecule is COc1cncc(/C=C/c2cncc(C(=O)NCCc3ccc(Cl)cc3Cl)c2)c1. The van der Waals surface area contributed by atoms with E-state index in [0.29, 0.717) is 34.3 Å². The molecule has 0 bridgehead atoms. The quantitative estimate of drug-likeness (QED) is 0.579. The van der Waals surface area contributed by atoms with Crippen LogP contribution in [-0.4, -0.2) is 29.5 Å². The first-order chi connectivity index (χ1) is 14.0. The Labute approximate surface area is 179 Å². The molecule has 148 valence electrons. The molecule has 0 radical (unpaired) electrons. The Bertz CT molecular complexity index is 1040. The number of hydrogen-bond acceptors (Lipinski definition) is 4. The summed E-state index contributed by atoms with van der Waals surface area (Å²) >= 11 is 12.1. The fourth-order valence-corrected chi connectivity index (χ4v) is 3.14. The largest absolute Gasteiger partial charge is 0.495 e. The number of benzene rings is 1. The Morgan fingerprint density at radius 1 is 1.03 bits per heavy atom. The second-order valence-electron chi connectivity index (χ2n) is 6.24. The molecule has 2 aromatic heterocycles. The molecule has 0 saturated heterocycles. The molecule has 0 atom stereocenters.